The summed E-state index contributed by atoms with van der Waals surface area (Å²) in [6, 6.07) is 0. The second-order valence-corrected chi connectivity index (χ2v) is 6.29. The van der Waals surface area contributed by atoms with Gasteiger partial charge in [0.05, 0.1) is 12.5 Å². The van der Waals surface area contributed by atoms with Crippen molar-refractivity contribution >= 4 is 5.96 Å². The normalized spacial score (nSPS) is 62.4. The fraction of sp³-hybridized carbons (Fsp3) is 0.909. The molecule has 3 saturated heterocycles. The zero-order valence-electron chi connectivity index (χ0n) is 11.2. The first-order chi connectivity index (χ1) is 10.2. The van der Waals surface area contributed by atoms with E-state index in [4.69, 9.17) is 15.2 Å². The number of nitrogens with one attached hydrogen (secondary N) is 2. The summed E-state index contributed by atoms with van der Waals surface area (Å²) in [5.41, 5.74) is 1.84. The number of nitrogens with two attached hydrogens (primary N) is 1. The molecule has 0 unspecified atom stereocenters. The van der Waals surface area contributed by atoms with Crippen LogP contribution < -0.4 is 16.0 Å². The Labute approximate surface area is 123 Å². The number of aliphatic hydroxyl groups is 6. The molecule has 1 aliphatic carbocycles. The molecule has 0 aromatic carbocycles. The number of aliphatic hydroxyl groups excluding tert-OH is 4. The lowest BCUT2D eigenvalue weighted by atomic mass is 9.55. The summed E-state index contributed by atoms with van der Waals surface area (Å²) in [7, 11) is 0. The van der Waals surface area contributed by atoms with Gasteiger partial charge >= 0.3 is 11.9 Å². The number of ether oxygens (including phenoxy) is 2. The van der Waals surface area contributed by atoms with Crippen LogP contribution in [0.1, 0.15) is 0 Å². The van der Waals surface area contributed by atoms with Crippen molar-refractivity contribution in [2.24, 2.45) is 11.7 Å². The molecule has 1 saturated carbocycles. The summed E-state index contributed by atoms with van der Waals surface area (Å²) in [5.74, 6) is -3.75. The molecule has 5 rings (SSSR count). The molecular weight excluding hydrogens is 302 g/mol. The molecule has 0 aromatic rings. The summed E-state index contributed by atoms with van der Waals surface area (Å²) in [4.78, 5) is 2.47. The Morgan fingerprint density at radius 1 is 1.18 bits per heavy atom. The van der Waals surface area contributed by atoms with Gasteiger partial charge in [0.2, 0.25) is 0 Å². The summed E-state index contributed by atoms with van der Waals surface area (Å²) in [6.07, 6.45) is -7.56. The third kappa shape index (κ3) is 1.28. The van der Waals surface area contributed by atoms with Crippen molar-refractivity contribution in [1.82, 2.24) is 5.32 Å². The number of guanidine groups is 1. The molecule has 4 bridgehead atoms. The second kappa shape index (κ2) is 3.88. The van der Waals surface area contributed by atoms with E-state index >= 15 is 0 Å². The van der Waals surface area contributed by atoms with Gasteiger partial charge in [0.1, 0.15) is 23.9 Å². The molecule has 4 heterocycles. The molecule has 4 fully saturated rings. The Morgan fingerprint density at radius 2 is 1.82 bits per heavy atom. The Bertz CT molecular complexity index is 561. The van der Waals surface area contributed by atoms with E-state index in [0.717, 1.165) is 0 Å². The van der Waals surface area contributed by atoms with Crippen molar-refractivity contribution in [3.63, 3.8) is 0 Å². The molecule has 11 heteroatoms. The van der Waals surface area contributed by atoms with Crippen LogP contribution in [0.2, 0.25) is 0 Å². The molecule has 4 aliphatic heterocycles. The Kier molecular flexibility index (Phi) is 2.57. The average molecular weight is 320 g/mol. The predicted octanol–water partition coefficient (Wildman–Crippen LogP) is -7.44. The zero-order chi connectivity index (χ0) is 16.1. The Hall–Kier alpha value is -1.05. The van der Waals surface area contributed by atoms with Crippen molar-refractivity contribution < 1.29 is 45.1 Å². The largest absolute Gasteiger partial charge is 0.393 e. The van der Waals surface area contributed by atoms with Crippen LogP contribution in [0.3, 0.4) is 0 Å². The lowest BCUT2D eigenvalue weighted by Crippen LogP contribution is -3.03. The van der Waals surface area contributed by atoms with Crippen LogP contribution in [-0.4, -0.2) is 91.0 Å². The van der Waals surface area contributed by atoms with Crippen LogP contribution in [0.15, 0.2) is 0 Å². The van der Waals surface area contributed by atoms with E-state index in [1.54, 1.807) is 0 Å². The molecule has 22 heavy (non-hydrogen) atoms. The van der Waals surface area contributed by atoms with Crippen molar-refractivity contribution in [2.45, 2.75) is 47.8 Å². The highest BCUT2D eigenvalue weighted by atomic mass is 16.9. The lowest BCUT2D eigenvalue weighted by molar-refractivity contribution is -0.621. The Morgan fingerprint density at radius 3 is 2.45 bits per heavy atom. The maximum absolute atomic E-state index is 10.6. The third-order valence-electron chi connectivity index (χ3n) is 5.28. The van der Waals surface area contributed by atoms with Crippen LogP contribution >= 0.6 is 0 Å². The standard InChI is InChI=1S/C11H17N3O8/c12-8-13-6(17)2-4-9(19,1-15)5-3(16)10(2,14-8)7(18)11(20,21-4)22-5/h2-7,15-20H,1H2,(H3,12,13,14)/p+1/t2-,3-,4+,5+,6+,7+,9-,10-,11+/m1/s1. The summed E-state index contributed by atoms with van der Waals surface area (Å²) in [6.45, 7) is -0.843. The number of hydrogen-bond donors (Lipinski definition) is 9. The van der Waals surface area contributed by atoms with Gasteiger partial charge < -0.3 is 40.1 Å². The van der Waals surface area contributed by atoms with E-state index in [2.05, 4.69) is 10.3 Å². The average Bonchev–Trinajstić information content (AvgIpc) is 2.45. The van der Waals surface area contributed by atoms with Crippen molar-refractivity contribution in [2.75, 3.05) is 6.61 Å². The molecule has 1 spiro atoms. The lowest BCUT2D eigenvalue weighted by Gasteiger charge is -2.69. The first-order valence-electron chi connectivity index (χ1n) is 6.83. The molecule has 0 radical (unpaired) electrons. The minimum atomic E-state index is -2.50. The quantitative estimate of drug-likeness (QED) is 0.224. The van der Waals surface area contributed by atoms with Crippen molar-refractivity contribution in [3.8, 4) is 0 Å². The fourth-order valence-electron chi connectivity index (χ4n) is 4.30. The predicted molar refractivity (Wildman–Crippen MR) is 64.3 cm³/mol. The monoisotopic (exact) mass is 320 g/mol. The molecule has 0 aromatic heterocycles. The van der Waals surface area contributed by atoms with Gasteiger partial charge in [0.15, 0.2) is 17.9 Å². The van der Waals surface area contributed by atoms with Gasteiger partial charge in [0, 0.05) is 0 Å². The summed E-state index contributed by atoms with van der Waals surface area (Å²) >= 11 is 0. The smallest absolute Gasteiger partial charge is 0.343 e. The molecule has 124 valence electrons. The SMILES string of the molecule is NC1=[NH+][C@@H](O)[C@H]2[C@@H]3O[C@]4(O)O[C@@H]([C@@H](O)[C@@]2(N1)[C@@H]4O)[C@@]3(O)CO. The van der Waals surface area contributed by atoms with Gasteiger partial charge in [0.25, 0.3) is 0 Å². The van der Waals surface area contributed by atoms with Gasteiger partial charge in [-0.25, -0.2) is 0 Å². The highest BCUT2D eigenvalue weighted by Crippen LogP contribution is 2.57. The van der Waals surface area contributed by atoms with E-state index in [1.165, 1.54) is 0 Å². The maximum atomic E-state index is 10.6. The molecule has 11 nitrogen and oxygen atoms in total. The highest BCUT2D eigenvalue weighted by molar-refractivity contribution is 5.74. The molecular formula is C11H18N3O8+. The molecule has 0 amide bonds. The van der Waals surface area contributed by atoms with E-state index in [1.807, 2.05) is 0 Å². The first-order valence-corrected chi connectivity index (χ1v) is 6.83. The van der Waals surface area contributed by atoms with E-state index in [0.29, 0.717) is 0 Å². The van der Waals surface area contributed by atoms with Crippen LogP contribution in [0.5, 0.6) is 0 Å². The van der Waals surface area contributed by atoms with E-state index in [9.17, 15) is 30.6 Å². The fourth-order valence-corrected chi connectivity index (χ4v) is 4.30. The highest BCUT2D eigenvalue weighted by Gasteiger charge is 2.84. The van der Waals surface area contributed by atoms with Crippen molar-refractivity contribution in [1.29, 1.82) is 0 Å². The molecule has 10 N–H and O–H groups in total. The van der Waals surface area contributed by atoms with Gasteiger partial charge in [-0.2, -0.15) is 0 Å². The van der Waals surface area contributed by atoms with E-state index < -0.39 is 60.3 Å². The van der Waals surface area contributed by atoms with E-state index in [-0.39, 0.29) is 5.96 Å². The second-order valence-electron chi connectivity index (χ2n) is 6.29. The molecule has 5 aliphatic rings. The minimum Gasteiger partial charge on any atom is -0.393 e. The van der Waals surface area contributed by atoms with Gasteiger partial charge in [-0.1, -0.05) is 0 Å². The number of rotatable bonds is 1. The van der Waals surface area contributed by atoms with Crippen LogP contribution in [0, 0.1) is 5.92 Å². The maximum Gasteiger partial charge on any atom is 0.343 e. The van der Waals surface area contributed by atoms with Crippen LogP contribution in [-0.2, 0) is 9.47 Å². The zero-order valence-corrected chi connectivity index (χ0v) is 11.2. The van der Waals surface area contributed by atoms with Gasteiger partial charge in [-0.3, -0.25) is 16.0 Å². The summed E-state index contributed by atoms with van der Waals surface area (Å²) < 4.78 is 10.3. The molecule has 9 atom stereocenters. The number of hydrogen-bond acceptors (Lipinski definition) is 10. The van der Waals surface area contributed by atoms with Crippen LogP contribution in [0.25, 0.3) is 0 Å². The first kappa shape index (κ1) is 14.5. The summed E-state index contributed by atoms with van der Waals surface area (Å²) in [5, 5.41) is 64.5. The Balaban J connectivity index is 1.95. The van der Waals surface area contributed by atoms with Crippen LogP contribution in [0.4, 0.5) is 0 Å². The topological polar surface area (TPSA) is 192 Å². The van der Waals surface area contributed by atoms with Crippen molar-refractivity contribution in [3.05, 3.63) is 0 Å². The van der Waals surface area contributed by atoms with Gasteiger partial charge in [-0.05, 0) is 0 Å². The van der Waals surface area contributed by atoms with Gasteiger partial charge in [-0.15, -0.1) is 0 Å². The third-order valence-corrected chi connectivity index (χ3v) is 5.28. The minimum absolute atomic E-state index is 0.125.